The van der Waals surface area contributed by atoms with E-state index in [4.69, 9.17) is 26.1 Å². The molecule has 0 N–H and O–H groups in total. The van der Waals surface area contributed by atoms with E-state index in [0.29, 0.717) is 30.0 Å². The molecule has 0 amide bonds. The first-order valence-electron chi connectivity index (χ1n) is 11.6. The van der Waals surface area contributed by atoms with E-state index in [1.54, 1.807) is 7.11 Å². The lowest BCUT2D eigenvalue weighted by atomic mass is 9.79. The van der Waals surface area contributed by atoms with Crippen LogP contribution in [0.3, 0.4) is 0 Å². The molecule has 0 aliphatic carbocycles. The first kappa shape index (κ1) is 25.2. The van der Waals surface area contributed by atoms with Gasteiger partial charge in [0.05, 0.1) is 23.9 Å². The molecule has 5 heteroatoms. The van der Waals surface area contributed by atoms with Gasteiger partial charge in [0.25, 0.3) is 0 Å². The number of nitrogens with zero attached hydrogens (tertiary/aromatic N) is 2. The second kappa shape index (κ2) is 11.1. The van der Waals surface area contributed by atoms with Crippen LogP contribution in [0.25, 0.3) is 22.6 Å². The van der Waals surface area contributed by atoms with Crippen molar-refractivity contribution in [2.45, 2.75) is 47.5 Å². The van der Waals surface area contributed by atoms with Crippen LogP contribution in [0.4, 0.5) is 0 Å². The molecule has 3 rings (SSSR count). The van der Waals surface area contributed by atoms with E-state index in [2.05, 4.69) is 38.7 Å². The van der Waals surface area contributed by atoms with Crippen LogP contribution in [0.2, 0.25) is 5.02 Å². The van der Waals surface area contributed by atoms with Crippen LogP contribution in [-0.4, -0.2) is 30.3 Å². The van der Waals surface area contributed by atoms with Gasteiger partial charge in [-0.3, -0.25) is 0 Å². The van der Waals surface area contributed by atoms with Gasteiger partial charge in [0.2, 0.25) is 0 Å². The van der Waals surface area contributed by atoms with E-state index in [-0.39, 0.29) is 5.41 Å². The summed E-state index contributed by atoms with van der Waals surface area (Å²) in [5.41, 5.74) is 4.88. The predicted octanol–water partition coefficient (Wildman–Crippen LogP) is 7.41. The van der Waals surface area contributed by atoms with E-state index in [9.17, 15) is 0 Å². The zero-order valence-electron chi connectivity index (χ0n) is 20.6. The van der Waals surface area contributed by atoms with Gasteiger partial charge >= 0.3 is 0 Å². The Labute approximate surface area is 203 Å². The molecule has 176 valence electrons. The molecule has 2 aromatic carbocycles. The molecular weight excluding hydrogens is 432 g/mol. The molecule has 0 bridgehead atoms. The van der Waals surface area contributed by atoms with Gasteiger partial charge in [0.1, 0.15) is 5.75 Å². The maximum absolute atomic E-state index is 6.51. The minimum atomic E-state index is 0.128. The third-order valence-electron chi connectivity index (χ3n) is 6.43. The highest BCUT2D eigenvalue weighted by Gasteiger charge is 2.25. The van der Waals surface area contributed by atoms with Crippen molar-refractivity contribution in [1.29, 1.82) is 0 Å². The molecule has 3 aromatic rings. The molecule has 0 spiro atoms. The Morgan fingerprint density at radius 1 is 1.03 bits per heavy atom. The van der Waals surface area contributed by atoms with Gasteiger partial charge < -0.3 is 9.47 Å². The van der Waals surface area contributed by atoms with Crippen molar-refractivity contribution in [2.75, 3.05) is 20.3 Å². The zero-order valence-corrected chi connectivity index (χ0v) is 21.4. The van der Waals surface area contributed by atoms with Gasteiger partial charge in [0.15, 0.2) is 5.82 Å². The monoisotopic (exact) mass is 466 g/mol. The molecule has 1 atom stereocenters. The highest BCUT2D eigenvalue weighted by atomic mass is 35.5. The summed E-state index contributed by atoms with van der Waals surface area (Å²) in [6.45, 7) is 12.3. The molecule has 4 nitrogen and oxygen atoms in total. The summed E-state index contributed by atoms with van der Waals surface area (Å²) in [6.07, 6.45) is 1.96. The molecule has 1 aromatic heterocycles. The van der Waals surface area contributed by atoms with E-state index >= 15 is 0 Å². The van der Waals surface area contributed by atoms with Crippen LogP contribution >= 0.6 is 11.6 Å². The first-order chi connectivity index (χ1) is 15.7. The van der Waals surface area contributed by atoms with E-state index in [1.165, 1.54) is 0 Å². The van der Waals surface area contributed by atoms with Crippen LogP contribution in [0.1, 0.15) is 45.4 Å². The fourth-order valence-corrected chi connectivity index (χ4v) is 3.84. The molecule has 0 aliphatic rings. The first-order valence-corrected chi connectivity index (χ1v) is 12.0. The number of ether oxygens (including phenoxy) is 2. The molecule has 1 heterocycles. The Balaban J connectivity index is 1.83. The van der Waals surface area contributed by atoms with Gasteiger partial charge in [0, 0.05) is 29.3 Å². The second-order valence-corrected chi connectivity index (χ2v) is 9.79. The number of hydrogen-bond donors (Lipinski definition) is 0. The summed E-state index contributed by atoms with van der Waals surface area (Å²) in [5.74, 6) is 2.10. The van der Waals surface area contributed by atoms with Gasteiger partial charge in [-0.05, 0) is 67.3 Å². The normalized spacial score (nSPS) is 12.6. The van der Waals surface area contributed by atoms with Gasteiger partial charge in [-0.1, -0.05) is 51.8 Å². The Bertz CT molecular complexity index is 1060. The molecule has 1 unspecified atom stereocenters. The molecule has 0 saturated carbocycles. The molecule has 0 saturated heterocycles. The van der Waals surface area contributed by atoms with Gasteiger partial charge in [-0.25, -0.2) is 9.97 Å². The molecular formula is C28H35ClN2O2. The minimum Gasteiger partial charge on any atom is -0.493 e. The van der Waals surface area contributed by atoms with Crippen molar-refractivity contribution in [2.24, 2.45) is 11.3 Å². The Morgan fingerprint density at radius 3 is 2.42 bits per heavy atom. The number of methoxy groups -OCH3 is 1. The average Bonchev–Trinajstić information content (AvgIpc) is 2.81. The van der Waals surface area contributed by atoms with Crippen molar-refractivity contribution in [1.82, 2.24) is 9.97 Å². The number of benzene rings is 2. The standard InChI is InChI=1S/C28H35ClN2O2/c1-7-19(2)28(4,5)18-33-23-11-9-22(10-12-23)26-16-20(3)30-27(31-26)24-17-21(14-15-32-6)8-13-25(24)29/h8-13,16-17,19H,7,14-15,18H2,1-6H3. The van der Waals surface area contributed by atoms with Crippen LogP contribution in [0, 0.1) is 18.3 Å². The lowest BCUT2D eigenvalue weighted by Crippen LogP contribution is -2.28. The lowest BCUT2D eigenvalue weighted by molar-refractivity contribution is 0.118. The predicted molar refractivity (Wildman–Crippen MR) is 137 cm³/mol. The number of aryl methyl sites for hydroxylation is 1. The Hall–Kier alpha value is -2.43. The number of hydrogen-bond acceptors (Lipinski definition) is 4. The summed E-state index contributed by atoms with van der Waals surface area (Å²) in [7, 11) is 1.70. The maximum Gasteiger partial charge on any atom is 0.161 e. The minimum absolute atomic E-state index is 0.128. The third-order valence-corrected chi connectivity index (χ3v) is 6.76. The number of aromatic nitrogens is 2. The molecule has 33 heavy (non-hydrogen) atoms. The maximum atomic E-state index is 6.51. The van der Waals surface area contributed by atoms with Crippen molar-refractivity contribution >= 4 is 11.6 Å². The van der Waals surface area contributed by atoms with Crippen LogP contribution < -0.4 is 4.74 Å². The summed E-state index contributed by atoms with van der Waals surface area (Å²) in [6, 6.07) is 16.1. The lowest BCUT2D eigenvalue weighted by Gasteiger charge is -2.30. The second-order valence-electron chi connectivity index (χ2n) is 9.39. The number of rotatable bonds is 10. The summed E-state index contributed by atoms with van der Waals surface area (Å²) >= 11 is 6.51. The van der Waals surface area contributed by atoms with E-state index in [1.807, 2.05) is 49.4 Å². The topological polar surface area (TPSA) is 44.2 Å². The average molecular weight is 467 g/mol. The summed E-state index contributed by atoms with van der Waals surface area (Å²) in [4.78, 5) is 9.50. The van der Waals surface area contributed by atoms with Crippen molar-refractivity contribution in [3.8, 4) is 28.4 Å². The number of halogens is 1. The van der Waals surface area contributed by atoms with Crippen molar-refractivity contribution in [3.05, 3.63) is 64.8 Å². The molecule has 0 radical (unpaired) electrons. The van der Waals surface area contributed by atoms with Crippen molar-refractivity contribution < 1.29 is 9.47 Å². The quantitative estimate of drug-likeness (QED) is 0.312. The summed E-state index contributed by atoms with van der Waals surface area (Å²) < 4.78 is 11.3. The fourth-order valence-electron chi connectivity index (χ4n) is 3.64. The van der Waals surface area contributed by atoms with E-state index < -0.39 is 0 Å². The zero-order chi connectivity index (χ0) is 24.0. The molecule has 0 aliphatic heterocycles. The fraction of sp³-hybridized carbons (Fsp3) is 0.429. The van der Waals surface area contributed by atoms with Gasteiger partial charge in [-0.15, -0.1) is 0 Å². The SMILES string of the molecule is CCC(C)C(C)(C)COc1ccc(-c2cc(C)nc(-c3cc(CCOC)ccc3Cl)n2)cc1. The van der Waals surface area contributed by atoms with Crippen LogP contribution in [-0.2, 0) is 11.2 Å². The van der Waals surface area contributed by atoms with Crippen LogP contribution in [0.5, 0.6) is 5.75 Å². The summed E-state index contributed by atoms with van der Waals surface area (Å²) in [5, 5.41) is 0.639. The largest absolute Gasteiger partial charge is 0.493 e. The van der Waals surface area contributed by atoms with E-state index in [0.717, 1.165) is 46.7 Å². The highest BCUT2D eigenvalue weighted by molar-refractivity contribution is 6.33. The smallest absolute Gasteiger partial charge is 0.161 e. The van der Waals surface area contributed by atoms with Gasteiger partial charge in [-0.2, -0.15) is 0 Å². The Kier molecular flexibility index (Phi) is 8.50. The Morgan fingerprint density at radius 2 is 1.76 bits per heavy atom. The third kappa shape index (κ3) is 6.55. The van der Waals surface area contributed by atoms with Crippen molar-refractivity contribution in [3.63, 3.8) is 0 Å². The van der Waals surface area contributed by atoms with Crippen LogP contribution in [0.15, 0.2) is 48.5 Å². The molecule has 0 fully saturated rings. The highest BCUT2D eigenvalue weighted by Crippen LogP contribution is 2.32.